The summed E-state index contributed by atoms with van der Waals surface area (Å²) in [6.45, 7) is 7.15. The molecule has 1 unspecified atom stereocenters. The van der Waals surface area contributed by atoms with Gasteiger partial charge in [0.05, 0.1) is 6.10 Å². The van der Waals surface area contributed by atoms with E-state index in [4.69, 9.17) is 5.11 Å². The third-order valence-electron chi connectivity index (χ3n) is 1.68. The van der Waals surface area contributed by atoms with Crippen LogP contribution in [-0.2, 0) is 0 Å². The Morgan fingerprint density at radius 1 is 1.18 bits per heavy atom. The van der Waals surface area contributed by atoms with Crippen LogP contribution in [0.5, 0.6) is 0 Å². The molecule has 1 atom stereocenters. The van der Waals surface area contributed by atoms with Crippen LogP contribution in [0.15, 0.2) is 25.3 Å². The second kappa shape index (κ2) is 7.55. The van der Waals surface area contributed by atoms with E-state index < -0.39 is 0 Å². The number of hydrogen-bond donors (Lipinski definition) is 1. The molecule has 0 bridgehead atoms. The summed E-state index contributed by atoms with van der Waals surface area (Å²) in [5.74, 6) is 0. The van der Waals surface area contributed by atoms with E-state index in [1.54, 1.807) is 6.08 Å². The summed E-state index contributed by atoms with van der Waals surface area (Å²) in [6, 6.07) is 0. The van der Waals surface area contributed by atoms with E-state index in [0.29, 0.717) is 0 Å². The van der Waals surface area contributed by atoms with Gasteiger partial charge >= 0.3 is 0 Å². The Bertz CT molecular complexity index is 107. The quantitative estimate of drug-likeness (QED) is 0.441. The number of aliphatic hydroxyl groups excluding tert-OH is 1. The lowest BCUT2D eigenvalue weighted by atomic mass is 10.1. The minimum absolute atomic E-state index is 0.307. The van der Waals surface area contributed by atoms with Gasteiger partial charge in [-0.15, -0.1) is 13.2 Å². The molecule has 0 fully saturated rings. The van der Waals surface area contributed by atoms with E-state index in [1.807, 2.05) is 6.08 Å². The molecule has 0 aromatic carbocycles. The highest BCUT2D eigenvalue weighted by Crippen LogP contribution is 2.06. The van der Waals surface area contributed by atoms with Crippen LogP contribution < -0.4 is 0 Å². The highest BCUT2D eigenvalue weighted by molar-refractivity contribution is 4.77. The summed E-state index contributed by atoms with van der Waals surface area (Å²) in [6.07, 6.45) is 8.60. The van der Waals surface area contributed by atoms with Gasteiger partial charge in [0.1, 0.15) is 0 Å². The number of rotatable bonds is 7. The van der Waals surface area contributed by atoms with Crippen molar-refractivity contribution in [2.24, 2.45) is 0 Å². The van der Waals surface area contributed by atoms with Crippen LogP contribution in [0.1, 0.15) is 32.1 Å². The predicted molar refractivity (Wildman–Crippen MR) is 49.5 cm³/mol. The molecule has 0 spiro atoms. The zero-order valence-electron chi connectivity index (χ0n) is 7.13. The molecule has 1 heteroatoms. The van der Waals surface area contributed by atoms with Gasteiger partial charge in [0.15, 0.2) is 0 Å². The van der Waals surface area contributed by atoms with Crippen molar-refractivity contribution < 1.29 is 5.11 Å². The van der Waals surface area contributed by atoms with Gasteiger partial charge < -0.3 is 5.11 Å². The van der Waals surface area contributed by atoms with Crippen molar-refractivity contribution >= 4 is 0 Å². The Morgan fingerprint density at radius 2 is 1.91 bits per heavy atom. The Kier molecular flexibility index (Phi) is 7.16. The molecule has 64 valence electrons. The van der Waals surface area contributed by atoms with Gasteiger partial charge in [-0.3, -0.25) is 0 Å². The molecule has 1 N–H and O–H groups in total. The first-order chi connectivity index (χ1) is 5.31. The minimum Gasteiger partial charge on any atom is -0.389 e. The number of aliphatic hydroxyl groups is 1. The van der Waals surface area contributed by atoms with Crippen molar-refractivity contribution in [3.05, 3.63) is 25.3 Å². The molecule has 11 heavy (non-hydrogen) atoms. The highest BCUT2D eigenvalue weighted by atomic mass is 16.3. The lowest BCUT2D eigenvalue weighted by Crippen LogP contribution is -2.00. The normalized spacial score (nSPS) is 12.5. The predicted octanol–water partition coefficient (Wildman–Crippen LogP) is 2.67. The fraction of sp³-hybridized carbons (Fsp3) is 0.600. The number of hydrogen-bond acceptors (Lipinski definition) is 1. The summed E-state index contributed by atoms with van der Waals surface area (Å²) in [7, 11) is 0. The van der Waals surface area contributed by atoms with Gasteiger partial charge in [-0.25, -0.2) is 0 Å². The molecule has 0 saturated heterocycles. The smallest absolute Gasteiger partial charge is 0.0718 e. The second-order valence-electron chi connectivity index (χ2n) is 2.73. The van der Waals surface area contributed by atoms with Gasteiger partial charge in [0, 0.05) is 0 Å². The molecule has 0 heterocycles. The van der Waals surface area contributed by atoms with E-state index in [0.717, 1.165) is 19.3 Å². The molecule has 0 aromatic heterocycles. The average molecular weight is 154 g/mol. The van der Waals surface area contributed by atoms with Gasteiger partial charge in [-0.1, -0.05) is 25.0 Å². The summed E-state index contributed by atoms with van der Waals surface area (Å²) in [5, 5.41) is 9.08. The SMILES string of the molecule is C=CCCCCCC(O)C=C. The maximum absolute atomic E-state index is 9.08. The first kappa shape index (κ1) is 10.4. The van der Waals surface area contributed by atoms with Crippen molar-refractivity contribution in [1.82, 2.24) is 0 Å². The summed E-state index contributed by atoms with van der Waals surface area (Å²) in [4.78, 5) is 0. The fourth-order valence-corrected chi connectivity index (χ4v) is 0.937. The highest BCUT2D eigenvalue weighted by Gasteiger charge is 1.95. The van der Waals surface area contributed by atoms with Crippen LogP contribution in [0.3, 0.4) is 0 Å². The molecule has 0 aliphatic carbocycles. The molecule has 0 aromatic rings. The van der Waals surface area contributed by atoms with Crippen LogP contribution in [0.4, 0.5) is 0 Å². The van der Waals surface area contributed by atoms with Crippen molar-refractivity contribution in [1.29, 1.82) is 0 Å². The largest absolute Gasteiger partial charge is 0.389 e. The van der Waals surface area contributed by atoms with Gasteiger partial charge in [0.2, 0.25) is 0 Å². The van der Waals surface area contributed by atoms with Gasteiger partial charge in [0.25, 0.3) is 0 Å². The molecule has 0 saturated carbocycles. The van der Waals surface area contributed by atoms with Crippen molar-refractivity contribution in [3.63, 3.8) is 0 Å². The maximum atomic E-state index is 9.08. The van der Waals surface area contributed by atoms with Crippen molar-refractivity contribution in [2.45, 2.75) is 38.2 Å². The van der Waals surface area contributed by atoms with Gasteiger partial charge in [-0.05, 0) is 19.3 Å². The number of allylic oxidation sites excluding steroid dienone is 1. The van der Waals surface area contributed by atoms with Crippen LogP contribution in [0, 0.1) is 0 Å². The summed E-state index contributed by atoms with van der Waals surface area (Å²) in [5.41, 5.74) is 0. The monoisotopic (exact) mass is 154 g/mol. The van der Waals surface area contributed by atoms with E-state index in [9.17, 15) is 0 Å². The van der Waals surface area contributed by atoms with Crippen LogP contribution in [-0.4, -0.2) is 11.2 Å². The molecule has 0 radical (unpaired) electrons. The Morgan fingerprint density at radius 3 is 2.45 bits per heavy atom. The lowest BCUT2D eigenvalue weighted by Gasteiger charge is -2.02. The first-order valence-electron chi connectivity index (χ1n) is 4.22. The maximum Gasteiger partial charge on any atom is 0.0718 e. The zero-order chi connectivity index (χ0) is 8.53. The van der Waals surface area contributed by atoms with E-state index in [2.05, 4.69) is 13.2 Å². The second-order valence-corrected chi connectivity index (χ2v) is 2.73. The van der Waals surface area contributed by atoms with E-state index >= 15 is 0 Å². The van der Waals surface area contributed by atoms with Gasteiger partial charge in [-0.2, -0.15) is 0 Å². The standard InChI is InChI=1S/C10H18O/c1-3-5-6-7-8-9-10(11)4-2/h3-4,10-11H,1-2,5-9H2. The third-order valence-corrected chi connectivity index (χ3v) is 1.68. The van der Waals surface area contributed by atoms with E-state index in [1.165, 1.54) is 12.8 Å². The fourth-order valence-electron chi connectivity index (χ4n) is 0.937. The topological polar surface area (TPSA) is 20.2 Å². The molecule has 1 nitrogen and oxygen atoms in total. The third kappa shape index (κ3) is 7.34. The van der Waals surface area contributed by atoms with E-state index in [-0.39, 0.29) is 6.10 Å². The van der Waals surface area contributed by atoms with Crippen molar-refractivity contribution in [3.8, 4) is 0 Å². The summed E-state index contributed by atoms with van der Waals surface area (Å²) >= 11 is 0. The van der Waals surface area contributed by atoms with Crippen LogP contribution >= 0.6 is 0 Å². The van der Waals surface area contributed by atoms with Crippen LogP contribution in [0.25, 0.3) is 0 Å². The Hall–Kier alpha value is -0.560. The molecular weight excluding hydrogens is 136 g/mol. The zero-order valence-corrected chi connectivity index (χ0v) is 7.13. The van der Waals surface area contributed by atoms with Crippen molar-refractivity contribution in [2.75, 3.05) is 0 Å². The minimum atomic E-state index is -0.307. The summed E-state index contributed by atoms with van der Waals surface area (Å²) < 4.78 is 0. The number of unbranched alkanes of at least 4 members (excludes halogenated alkanes) is 3. The Balaban J connectivity index is 3.01. The molecule has 0 amide bonds. The lowest BCUT2D eigenvalue weighted by molar-refractivity contribution is 0.208. The molecule has 0 rings (SSSR count). The average Bonchev–Trinajstić information content (AvgIpc) is 2.04. The molecule has 0 aliphatic heterocycles. The Labute approximate surface area is 69.4 Å². The molecule has 0 aliphatic rings. The molecular formula is C10H18O. The van der Waals surface area contributed by atoms with Crippen LogP contribution in [0.2, 0.25) is 0 Å². The first-order valence-corrected chi connectivity index (χ1v) is 4.22.